The number of fused-ring (bicyclic) bond motifs is 1. The molecule has 17 heavy (non-hydrogen) atoms. The van der Waals surface area contributed by atoms with Crippen LogP contribution in [0.25, 0.3) is 16.8 Å². The van der Waals surface area contributed by atoms with Gasteiger partial charge in [-0.15, -0.1) is 11.6 Å². The number of hydrogen-bond donors (Lipinski definition) is 0. The molecular formula is C15H13ClO. The number of rotatable bonds is 3. The largest absolute Gasteiger partial charge is 0.294 e. The third-order valence-electron chi connectivity index (χ3n) is 2.76. The number of allylic oxidation sites excluding steroid dienone is 1. The highest BCUT2D eigenvalue weighted by molar-refractivity contribution is 6.29. The highest BCUT2D eigenvalue weighted by Crippen LogP contribution is 2.23. The number of alkyl halides is 1. The SMILES string of the molecule is Cc1ccc2ccccc2c1/C=C/C(=O)CCl. The summed E-state index contributed by atoms with van der Waals surface area (Å²) < 4.78 is 0. The molecule has 0 amide bonds. The highest BCUT2D eigenvalue weighted by Gasteiger charge is 2.01. The molecule has 0 fully saturated rings. The molecule has 2 aromatic rings. The summed E-state index contributed by atoms with van der Waals surface area (Å²) in [5, 5.41) is 2.34. The number of hydrogen-bond acceptors (Lipinski definition) is 1. The van der Waals surface area contributed by atoms with Gasteiger partial charge < -0.3 is 0 Å². The zero-order valence-corrected chi connectivity index (χ0v) is 10.4. The van der Waals surface area contributed by atoms with E-state index in [1.54, 1.807) is 6.08 Å². The molecule has 0 N–H and O–H groups in total. The molecule has 0 aliphatic carbocycles. The molecule has 0 atom stereocenters. The number of ketones is 1. The first kappa shape index (κ1) is 11.9. The lowest BCUT2D eigenvalue weighted by atomic mass is 9.99. The van der Waals surface area contributed by atoms with Crippen molar-refractivity contribution in [3.63, 3.8) is 0 Å². The predicted octanol–water partition coefficient (Wildman–Crippen LogP) is 3.97. The van der Waals surface area contributed by atoms with Crippen LogP contribution in [0.2, 0.25) is 0 Å². The number of aryl methyl sites for hydroxylation is 1. The Labute approximate surface area is 106 Å². The Hall–Kier alpha value is -1.60. The van der Waals surface area contributed by atoms with E-state index in [-0.39, 0.29) is 11.7 Å². The average Bonchev–Trinajstić information content (AvgIpc) is 2.37. The van der Waals surface area contributed by atoms with Gasteiger partial charge in [0.15, 0.2) is 5.78 Å². The fraction of sp³-hybridized carbons (Fsp3) is 0.133. The van der Waals surface area contributed by atoms with Gasteiger partial charge in [0.1, 0.15) is 0 Å². The van der Waals surface area contributed by atoms with Crippen LogP contribution >= 0.6 is 11.6 Å². The van der Waals surface area contributed by atoms with Crippen molar-refractivity contribution in [3.8, 4) is 0 Å². The van der Waals surface area contributed by atoms with Crippen molar-refractivity contribution in [2.45, 2.75) is 6.92 Å². The van der Waals surface area contributed by atoms with E-state index in [1.807, 2.05) is 25.1 Å². The molecule has 0 saturated carbocycles. The molecular weight excluding hydrogens is 232 g/mol. The molecule has 0 aliphatic heterocycles. The van der Waals surface area contributed by atoms with Gasteiger partial charge in [0.05, 0.1) is 5.88 Å². The third-order valence-corrected chi connectivity index (χ3v) is 3.02. The number of carbonyl (C=O) groups is 1. The van der Waals surface area contributed by atoms with Crippen LogP contribution in [0.4, 0.5) is 0 Å². The summed E-state index contributed by atoms with van der Waals surface area (Å²) in [4.78, 5) is 11.2. The highest BCUT2D eigenvalue weighted by atomic mass is 35.5. The summed E-state index contributed by atoms with van der Waals surface area (Å²) in [5.41, 5.74) is 2.24. The fourth-order valence-corrected chi connectivity index (χ4v) is 1.94. The molecule has 0 heterocycles. The second-order valence-corrected chi connectivity index (χ2v) is 4.22. The monoisotopic (exact) mass is 244 g/mol. The lowest BCUT2D eigenvalue weighted by Gasteiger charge is -2.05. The van der Waals surface area contributed by atoms with Gasteiger partial charge in [-0.1, -0.05) is 42.5 Å². The van der Waals surface area contributed by atoms with Gasteiger partial charge in [-0.3, -0.25) is 4.79 Å². The minimum Gasteiger partial charge on any atom is -0.294 e. The lowest BCUT2D eigenvalue weighted by molar-refractivity contribution is -0.112. The van der Waals surface area contributed by atoms with Gasteiger partial charge in [-0.05, 0) is 34.9 Å². The van der Waals surface area contributed by atoms with Crippen LogP contribution in [0.1, 0.15) is 11.1 Å². The first-order chi connectivity index (χ1) is 8.22. The predicted molar refractivity (Wildman–Crippen MR) is 73.4 cm³/mol. The molecule has 86 valence electrons. The maximum atomic E-state index is 11.2. The molecule has 0 aliphatic rings. The number of halogens is 1. The Morgan fingerprint density at radius 2 is 2.00 bits per heavy atom. The van der Waals surface area contributed by atoms with Gasteiger partial charge in [0, 0.05) is 0 Å². The molecule has 0 spiro atoms. The maximum Gasteiger partial charge on any atom is 0.170 e. The maximum absolute atomic E-state index is 11.2. The summed E-state index contributed by atoms with van der Waals surface area (Å²) in [6.07, 6.45) is 3.39. The van der Waals surface area contributed by atoms with Gasteiger partial charge in [0.25, 0.3) is 0 Å². The van der Waals surface area contributed by atoms with Crippen LogP contribution in [0.3, 0.4) is 0 Å². The molecule has 2 heteroatoms. The van der Waals surface area contributed by atoms with E-state index >= 15 is 0 Å². The zero-order valence-electron chi connectivity index (χ0n) is 9.61. The van der Waals surface area contributed by atoms with E-state index in [0.29, 0.717) is 0 Å². The third kappa shape index (κ3) is 2.56. The smallest absolute Gasteiger partial charge is 0.170 e. The first-order valence-electron chi connectivity index (χ1n) is 5.47. The molecule has 2 aromatic carbocycles. The van der Waals surface area contributed by atoms with Crippen molar-refractivity contribution < 1.29 is 4.79 Å². The van der Waals surface area contributed by atoms with Crippen LogP contribution < -0.4 is 0 Å². The summed E-state index contributed by atoms with van der Waals surface area (Å²) in [6.45, 7) is 2.04. The number of carbonyl (C=O) groups excluding carboxylic acids is 1. The second kappa shape index (κ2) is 5.15. The van der Waals surface area contributed by atoms with Crippen LogP contribution in [0, 0.1) is 6.92 Å². The summed E-state index contributed by atoms with van der Waals surface area (Å²) in [7, 11) is 0. The normalized spacial score (nSPS) is 11.2. The lowest BCUT2D eigenvalue weighted by Crippen LogP contribution is -1.92. The Balaban J connectivity index is 2.55. The van der Waals surface area contributed by atoms with Crippen molar-refractivity contribution in [2.24, 2.45) is 0 Å². The standard InChI is InChI=1S/C15H13ClO/c1-11-6-7-12-4-2-3-5-15(12)14(11)9-8-13(17)10-16/h2-9H,10H2,1H3/b9-8+. The van der Waals surface area contributed by atoms with E-state index in [9.17, 15) is 4.79 Å². The van der Waals surface area contributed by atoms with Crippen LogP contribution in [0.15, 0.2) is 42.5 Å². The van der Waals surface area contributed by atoms with Crippen molar-refractivity contribution in [1.29, 1.82) is 0 Å². The van der Waals surface area contributed by atoms with Crippen molar-refractivity contribution in [3.05, 3.63) is 53.6 Å². The topological polar surface area (TPSA) is 17.1 Å². The molecule has 0 aromatic heterocycles. The Bertz CT molecular complexity index is 584. The van der Waals surface area contributed by atoms with E-state index in [0.717, 1.165) is 16.5 Å². The van der Waals surface area contributed by atoms with E-state index in [4.69, 9.17) is 11.6 Å². The van der Waals surface area contributed by atoms with Crippen molar-refractivity contribution in [2.75, 3.05) is 5.88 Å². The Kier molecular flexibility index (Phi) is 3.60. The molecule has 0 radical (unpaired) electrons. The first-order valence-corrected chi connectivity index (χ1v) is 6.01. The summed E-state index contributed by atoms with van der Waals surface area (Å²) >= 11 is 5.48. The average molecular weight is 245 g/mol. The van der Waals surface area contributed by atoms with E-state index in [1.165, 1.54) is 5.39 Å². The van der Waals surface area contributed by atoms with E-state index in [2.05, 4.69) is 24.3 Å². The van der Waals surface area contributed by atoms with Crippen LogP contribution in [0.5, 0.6) is 0 Å². The van der Waals surface area contributed by atoms with Crippen LogP contribution in [-0.4, -0.2) is 11.7 Å². The van der Waals surface area contributed by atoms with Crippen LogP contribution in [-0.2, 0) is 4.79 Å². The summed E-state index contributed by atoms with van der Waals surface area (Å²) in [5.74, 6) is -0.0423. The molecule has 2 rings (SSSR count). The van der Waals surface area contributed by atoms with Crippen molar-refractivity contribution >= 4 is 34.2 Å². The Morgan fingerprint density at radius 1 is 1.24 bits per heavy atom. The second-order valence-electron chi connectivity index (χ2n) is 3.95. The number of benzene rings is 2. The van der Waals surface area contributed by atoms with Gasteiger partial charge >= 0.3 is 0 Å². The van der Waals surface area contributed by atoms with Gasteiger partial charge in [0.2, 0.25) is 0 Å². The quantitative estimate of drug-likeness (QED) is 0.590. The Morgan fingerprint density at radius 3 is 2.76 bits per heavy atom. The molecule has 0 unspecified atom stereocenters. The molecule has 0 saturated heterocycles. The fourth-order valence-electron chi connectivity index (χ4n) is 1.85. The minimum atomic E-state index is -0.0704. The summed E-state index contributed by atoms with van der Waals surface area (Å²) in [6, 6.07) is 12.3. The van der Waals surface area contributed by atoms with Crippen molar-refractivity contribution in [1.82, 2.24) is 0 Å². The molecule has 1 nitrogen and oxygen atoms in total. The van der Waals surface area contributed by atoms with E-state index < -0.39 is 0 Å². The van der Waals surface area contributed by atoms with Gasteiger partial charge in [-0.25, -0.2) is 0 Å². The van der Waals surface area contributed by atoms with Gasteiger partial charge in [-0.2, -0.15) is 0 Å². The zero-order chi connectivity index (χ0) is 12.3. The minimum absolute atomic E-state index is 0.0281. The molecule has 0 bridgehead atoms.